The second kappa shape index (κ2) is 4.31. The summed E-state index contributed by atoms with van der Waals surface area (Å²) in [5.74, 6) is 0.0827. The number of aliphatic carboxylic acids is 1. The van der Waals surface area contributed by atoms with Crippen LogP contribution >= 0.6 is 0 Å². The molecule has 0 amide bonds. The number of carbonyl (C=O) groups is 1. The van der Waals surface area contributed by atoms with Crippen molar-refractivity contribution in [3.05, 3.63) is 23.7 Å². The maximum atomic E-state index is 11.0. The predicted octanol–water partition coefficient (Wildman–Crippen LogP) is 2.80. The Balaban J connectivity index is 2.94. The molecule has 0 saturated heterocycles. The van der Waals surface area contributed by atoms with Gasteiger partial charge in [0.15, 0.2) is 0 Å². The summed E-state index contributed by atoms with van der Waals surface area (Å²) in [5, 5.41) is 9.08. The van der Waals surface area contributed by atoms with Gasteiger partial charge in [-0.3, -0.25) is 4.79 Å². The van der Waals surface area contributed by atoms with Crippen LogP contribution in [0.25, 0.3) is 0 Å². The summed E-state index contributed by atoms with van der Waals surface area (Å²) < 4.78 is 5.35. The van der Waals surface area contributed by atoms with Crippen LogP contribution in [0.5, 0.6) is 0 Å². The maximum absolute atomic E-state index is 11.0. The molecule has 1 aromatic rings. The Morgan fingerprint density at radius 2 is 2.21 bits per heavy atom. The molecule has 14 heavy (non-hydrogen) atoms. The van der Waals surface area contributed by atoms with E-state index in [1.165, 1.54) is 0 Å². The number of carboxylic acids is 1. The lowest BCUT2D eigenvalue weighted by Crippen LogP contribution is -2.18. The average Bonchev–Trinajstić information content (AvgIpc) is 2.51. The zero-order valence-corrected chi connectivity index (χ0v) is 8.78. The number of rotatable bonds is 4. The highest BCUT2D eigenvalue weighted by Crippen LogP contribution is 2.28. The molecule has 0 saturated carbocycles. The summed E-state index contributed by atoms with van der Waals surface area (Å²) in [6.07, 6.45) is 0.830. The van der Waals surface area contributed by atoms with Gasteiger partial charge in [-0.1, -0.05) is 20.3 Å². The van der Waals surface area contributed by atoms with Crippen LogP contribution in [0.2, 0.25) is 0 Å². The minimum absolute atomic E-state index is 0.0954. The van der Waals surface area contributed by atoms with Gasteiger partial charge in [-0.15, -0.1) is 0 Å². The highest BCUT2D eigenvalue weighted by atomic mass is 16.4. The Hall–Kier alpha value is -1.25. The normalized spacial score (nSPS) is 15.1. The molecule has 1 N–H and O–H groups in total. The Kier molecular flexibility index (Phi) is 3.33. The van der Waals surface area contributed by atoms with E-state index >= 15 is 0 Å². The van der Waals surface area contributed by atoms with Crippen LogP contribution in [0.1, 0.15) is 37.7 Å². The maximum Gasteiger partial charge on any atom is 0.314 e. The first-order valence-electron chi connectivity index (χ1n) is 4.85. The van der Waals surface area contributed by atoms with Crippen LogP contribution in [0.15, 0.2) is 16.5 Å². The predicted molar refractivity (Wildman–Crippen MR) is 53.3 cm³/mol. The largest absolute Gasteiger partial charge is 0.481 e. The first kappa shape index (κ1) is 10.8. The summed E-state index contributed by atoms with van der Waals surface area (Å²) in [6, 6.07) is 3.55. The van der Waals surface area contributed by atoms with E-state index in [4.69, 9.17) is 9.52 Å². The fourth-order valence-electron chi connectivity index (χ4n) is 1.50. The van der Waals surface area contributed by atoms with Crippen molar-refractivity contribution in [2.45, 2.75) is 33.1 Å². The monoisotopic (exact) mass is 196 g/mol. The van der Waals surface area contributed by atoms with Crippen molar-refractivity contribution < 1.29 is 14.3 Å². The first-order chi connectivity index (χ1) is 6.56. The number of furan rings is 1. The SMILES string of the molecule is CCC(C)C(C(=O)O)c1ccc(C)o1. The van der Waals surface area contributed by atoms with Gasteiger partial charge in [-0.05, 0) is 25.0 Å². The van der Waals surface area contributed by atoms with Crippen molar-refractivity contribution in [1.29, 1.82) is 0 Å². The average molecular weight is 196 g/mol. The van der Waals surface area contributed by atoms with Crippen molar-refractivity contribution in [1.82, 2.24) is 0 Å². The van der Waals surface area contributed by atoms with Crippen LogP contribution in [0, 0.1) is 12.8 Å². The molecule has 2 unspecified atom stereocenters. The number of hydrogen-bond acceptors (Lipinski definition) is 2. The summed E-state index contributed by atoms with van der Waals surface area (Å²) in [6.45, 7) is 5.73. The number of carboxylic acid groups (broad SMARTS) is 1. The highest BCUT2D eigenvalue weighted by Gasteiger charge is 2.28. The quantitative estimate of drug-likeness (QED) is 0.805. The molecule has 1 rings (SSSR count). The number of hydrogen-bond donors (Lipinski definition) is 1. The van der Waals surface area contributed by atoms with Crippen molar-refractivity contribution >= 4 is 5.97 Å². The Morgan fingerprint density at radius 1 is 1.57 bits per heavy atom. The van der Waals surface area contributed by atoms with Gasteiger partial charge in [0.25, 0.3) is 0 Å². The fraction of sp³-hybridized carbons (Fsp3) is 0.545. The summed E-state index contributed by atoms with van der Waals surface area (Å²) in [5.41, 5.74) is 0. The van der Waals surface area contributed by atoms with Crippen molar-refractivity contribution in [3.63, 3.8) is 0 Å². The van der Waals surface area contributed by atoms with Gasteiger partial charge in [-0.2, -0.15) is 0 Å². The highest BCUT2D eigenvalue weighted by molar-refractivity contribution is 5.75. The lowest BCUT2D eigenvalue weighted by Gasteiger charge is -2.15. The van der Waals surface area contributed by atoms with E-state index in [2.05, 4.69) is 0 Å². The third kappa shape index (κ3) is 2.16. The van der Waals surface area contributed by atoms with E-state index in [1.807, 2.05) is 20.8 Å². The zero-order valence-electron chi connectivity index (χ0n) is 8.78. The molecule has 3 heteroatoms. The van der Waals surface area contributed by atoms with Gasteiger partial charge >= 0.3 is 5.97 Å². The van der Waals surface area contributed by atoms with E-state index in [0.717, 1.165) is 12.2 Å². The molecule has 1 heterocycles. The summed E-state index contributed by atoms with van der Waals surface area (Å²) in [7, 11) is 0. The van der Waals surface area contributed by atoms with Gasteiger partial charge in [0.1, 0.15) is 17.4 Å². The molecule has 1 aromatic heterocycles. The molecular weight excluding hydrogens is 180 g/mol. The lowest BCUT2D eigenvalue weighted by atomic mass is 9.90. The summed E-state index contributed by atoms with van der Waals surface area (Å²) >= 11 is 0. The topological polar surface area (TPSA) is 50.4 Å². The zero-order chi connectivity index (χ0) is 10.7. The fourth-order valence-corrected chi connectivity index (χ4v) is 1.50. The molecular formula is C11H16O3. The lowest BCUT2D eigenvalue weighted by molar-refractivity contribution is -0.140. The van der Waals surface area contributed by atoms with Gasteiger partial charge in [0.2, 0.25) is 0 Å². The molecule has 0 spiro atoms. The van der Waals surface area contributed by atoms with E-state index < -0.39 is 11.9 Å². The van der Waals surface area contributed by atoms with E-state index in [-0.39, 0.29) is 5.92 Å². The Labute approximate surface area is 83.7 Å². The van der Waals surface area contributed by atoms with Gasteiger partial charge in [0, 0.05) is 0 Å². The van der Waals surface area contributed by atoms with E-state index in [1.54, 1.807) is 12.1 Å². The molecule has 0 bridgehead atoms. The molecule has 0 aromatic carbocycles. The van der Waals surface area contributed by atoms with Crippen molar-refractivity contribution in [2.24, 2.45) is 5.92 Å². The molecule has 0 aliphatic heterocycles. The van der Waals surface area contributed by atoms with Crippen LogP contribution in [-0.4, -0.2) is 11.1 Å². The first-order valence-corrected chi connectivity index (χ1v) is 4.85. The van der Waals surface area contributed by atoms with Crippen molar-refractivity contribution in [2.75, 3.05) is 0 Å². The minimum atomic E-state index is -0.811. The molecule has 2 atom stereocenters. The second-order valence-electron chi connectivity index (χ2n) is 3.65. The molecule has 0 aliphatic rings. The molecule has 0 radical (unpaired) electrons. The van der Waals surface area contributed by atoms with Crippen LogP contribution < -0.4 is 0 Å². The van der Waals surface area contributed by atoms with E-state index in [0.29, 0.717) is 5.76 Å². The van der Waals surface area contributed by atoms with E-state index in [9.17, 15) is 4.79 Å². The Morgan fingerprint density at radius 3 is 2.57 bits per heavy atom. The Bertz CT molecular complexity index is 314. The molecule has 0 aliphatic carbocycles. The molecule has 3 nitrogen and oxygen atoms in total. The van der Waals surface area contributed by atoms with Crippen LogP contribution in [-0.2, 0) is 4.79 Å². The standard InChI is InChI=1S/C11H16O3/c1-4-7(2)10(11(12)13)9-6-5-8(3)14-9/h5-7,10H,4H2,1-3H3,(H,12,13). The minimum Gasteiger partial charge on any atom is -0.481 e. The van der Waals surface area contributed by atoms with Crippen molar-refractivity contribution in [3.8, 4) is 0 Å². The van der Waals surface area contributed by atoms with Gasteiger partial charge in [0.05, 0.1) is 0 Å². The number of aryl methyl sites for hydroxylation is 1. The van der Waals surface area contributed by atoms with Gasteiger partial charge < -0.3 is 9.52 Å². The van der Waals surface area contributed by atoms with Crippen LogP contribution in [0.4, 0.5) is 0 Å². The third-order valence-electron chi connectivity index (χ3n) is 2.55. The molecule has 0 fully saturated rings. The van der Waals surface area contributed by atoms with Gasteiger partial charge in [-0.25, -0.2) is 0 Å². The summed E-state index contributed by atoms with van der Waals surface area (Å²) in [4.78, 5) is 11.0. The third-order valence-corrected chi connectivity index (χ3v) is 2.55. The van der Waals surface area contributed by atoms with Crippen LogP contribution in [0.3, 0.4) is 0 Å². The molecule has 78 valence electrons. The smallest absolute Gasteiger partial charge is 0.314 e. The second-order valence-corrected chi connectivity index (χ2v) is 3.65.